The summed E-state index contributed by atoms with van der Waals surface area (Å²) in [5, 5.41) is 7.92. The van der Waals surface area contributed by atoms with Gasteiger partial charge in [0.2, 0.25) is 0 Å². The first-order chi connectivity index (χ1) is 9.78. The van der Waals surface area contributed by atoms with Gasteiger partial charge in [-0.1, -0.05) is 30.3 Å². The molecule has 4 heteroatoms. The van der Waals surface area contributed by atoms with Gasteiger partial charge in [0.25, 0.3) is 0 Å². The van der Waals surface area contributed by atoms with Crippen molar-refractivity contribution in [3.8, 4) is 17.6 Å². The van der Waals surface area contributed by atoms with Crippen molar-refractivity contribution in [2.24, 2.45) is 0 Å². The van der Waals surface area contributed by atoms with Crippen LogP contribution in [-0.4, -0.2) is 12.0 Å². The molecule has 20 heavy (non-hydrogen) atoms. The molecule has 0 radical (unpaired) electrons. The van der Waals surface area contributed by atoms with Crippen LogP contribution in [0.4, 0.5) is 0 Å². The van der Waals surface area contributed by atoms with Gasteiger partial charge < -0.3 is 9.47 Å². The first-order valence-electron chi connectivity index (χ1n) is 6.21. The van der Waals surface area contributed by atoms with Gasteiger partial charge in [0.15, 0.2) is 5.38 Å². The molecule has 0 fully saturated rings. The summed E-state index contributed by atoms with van der Waals surface area (Å²) >= 11 is 5.65. The number of alkyl halides is 1. The zero-order valence-electron chi connectivity index (χ0n) is 10.8. The lowest BCUT2D eigenvalue weighted by molar-refractivity contribution is 0.303. The minimum absolute atomic E-state index is 0.169. The maximum absolute atomic E-state index is 8.55. The van der Waals surface area contributed by atoms with Gasteiger partial charge in [-0.2, -0.15) is 5.26 Å². The highest BCUT2D eigenvalue weighted by atomic mass is 35.5. The second-order valence-corrected chi connectivity index (χ2v) is 4.68. The second-order valence-electron chi connectivity index (χ2n) is 4.15. The number of hydrogen-bond acceptors (Lipinski definition) is 3. The minimum atomic E-state index is -0.635. The quantitative estimate of drug-likeness (QED) is 0.759. The molecule has 0 bridgehead atoms. The van der Waals surface area contributed by atoms with Gasteiger partial charge in [-0.25, -0.2) is 0 Å². The fraction of sp³-hybridized carbons (Fsp3) is 0.188. The summed E-state index contributed by atoms with van der Waals surface area (Å²) in [5.41, 5.74) is 1.12. The third-order valence-electron chi connectivity index (χ3n) is 2.61. The molecule has 2 aromatic rings. The Labute approximate surface area is 123 Å². The molecule has 2 aromatic carbocycles. The molecule has 1 unspecified atom stereocenters. The van der Waals surface area contributed by atoms with Crippen molar-refractivity contribution >= 4 is 11.6 Å². The number of halogens is 1. The Balaban J connectivity index is 1.84. The van der Waals surface area contributed by atoms with Crippen LogP contribution in [-0.2, 0) is 6.61 Å². The molecule has 0 saturated heterocycles. The van der Waals surface area contributed by atoms with E-state index in [-0.39, 0.29) is 6.61 Å². The van der Waals surface area contributed by atoms with Gasteiger partial charge in [0, 0.05) is 0 Å². The SMILES string of the molecule is N#CC(Cl)COc1ccc(OCc2ccccc2)cc1. The molecule has 0 aromatic heterocycles. The number of hydrogen-bond donors (Lipinski definition) is 0. The van der Waals surface area contributed by atoms with Crippen molar-refractivity contribution in [1.29, 1.82) is 5.26 Å². The van der Waals surface area contributed by atoms with Crippen molar-refractivity contribution in [2.45, 2.75) is 12.0 Å². The highest BCUT2D eigenvalue weighted by Crippen LogP contribution is 2.19. The lowest BCUT2D eigenvalue weighted by Crippen LogP contribution is -2.08. The maximum atomic E-state index is 8.55. The van der Waals surface area contributed by atoms with Crippen molar-refractivity contribution < 1.29 is 9.47 Å². The van der Waals surface area contributed by atoms with Crippen LogP contribution in [0.25, 0.3) is 0 Å². The van der Waals surface area contributed by atoms with Crippen LogP contribution in [0.15, 0.2) is 54.6 Å². The minimum Gasteiger partial charge on any atom is -0.491 e. The third-order valence-corrected chi connectivity index (χ3v) is 2.83. The Morgan fingerprint density at radius 2 is 1.55 bits per heavy atom. The third kappa shape index (κ3) is 4.49. The summed E-state index contributed by atoms with van der Waals surface area (Å²) in [7, 11) is 0. The fourth-order valence-corrected chi connectivity index (χ4v) is 1.64. The molecule has 0 aliphatic carbocycles. The van der Waals surface area contributed by atoms with E-state index in [1.54, 1.807) is 12.1 Å². The largest absolute Gasteiger partial charge is 0.491 e. The normalized spacial score (nSPS) is 11.4. The van der Waals surface area contributed by atoms with Crippen molar-refractivity contribution in [1.82, 2.24) is 0 Å². The highest BCUT2D eigenvalue weighted by Gasteiger charge is 2.03. The van der Waals surface area contributed by atoms with Crippen molar-refractivity contribution in [2.75, 3.05) is 6.61 Å². The fourth-order valence-electron chi connectivity index (χ4n) is 1.58. The van der Waals surface area contributed by atoms with E-state index < -0.39 is 5.38 Å². The lowest BCUT2D eigenvalue weighted by atomic mass is 10.2. The Kier molecular flexibility index (Phi) is 5.28. The monoisotopic (exact) mass is 287 g/mol. The van der Waals surface area contributed by atoms with E-state index in [0.717, 1.165) is 11.3 Å². The van der Waals surface area contributed by atoms with Crippen LogP contribution >= 0.6 is 11.6 Å². The molecule has 1 atom stereocenters. The van der Waals surface area contributed by atoms with Crippen LogP contribution < -0.4 is 9.47 Å². The number of benzene rings is 2. The first kappa shape index (κ1) is 14.2. The van der Waals surface area contributed by atoms with E-state index in [1.807, 2.05) is 48.5 Å². The Hall–Kier alpha value is -2.18. The molecular formula is C16H14ClNO2. The molecular weight excluding hydrogens is 274 g/mol. The van der Waals surface area contributed by atoms with E-state index in [4.69, 9.17) is 26.3 Å². The second kappa shape index (κ2) is 7.42. The van der Waals surface area contributed by atoms with Gasteiger partial charge >= 0.3 is 0 Å². The van der Waals surface area contributed by atoms with Gasteiger partial charge in [0.1, 0.15) is 24.7 Å². The van der Waals surface area contributed by atoms with Crippen LogP contribution in [0, 0.1) is 11.3 Å². The predicted molar refractivity (Wildman–Crippen MR) is 78.0 cm³/mol. The average molecular weight is 288 g/mol. The number of rotatable bonds is 6. The average Bonchev–Trinajstić information content (AvgIpc) is 2.52. The molecule has 102 valence electrons. The van der Waals surface area contributed by atoms with Crippen LogP contribution in [0.5, 0.6) is 11.5 Å². The predicted octanol–water partition coefficient (Wildman–Crippen LogP) is 3.78. The molecule has 0 heterocycles. The summed E-state index contributed by atoms with van der Waals surface area (Å²) in [6, 6.07) is 19.1. The van der Waals surface area contributed by atoms with Crippen molar-refractivity contribution in [3.05, 3.63) is 60.2 Å². The molecule has 0 amide bonds. The molecule has 2 rings (SSSR count). The van der Waals surface area contributed by atoms with Crippen LogP contribution in [0.2, 0.25) is 0 Å². The molecule has 0 saturated carbocycles. The molecule has 3 nitrogen and oxygen atoms in total. The van der Waals surface area contributed by atoms with Crippen LogP contribution in [0.3, 0.4) is 0 Å². The summed E-state index contributed by atoms with van der Waals surface area (Å²) < 4.78 is 11.0. The number of ether oxygens (including phenoxy) is 2. The van der Waals surface area contributed by atoms with Crippen molar-refractivity contribution in [3.63, 3.8) is 0 Å². The Bertz CT molecular complexity index is 563. The number of nitriles is 1. The van der Waals surface area contributed by atoms with E-state index in [9.17, 15) is 0 Å². The number of nitrogens with zero attached hydrogens (tertiary/aromatic N) is 1. The first-order valence-corrected chi connectivity index (χ1v) is 6.65. The van der Waals surface area contributed by atoms with Crippen LogP contribution in [0.1, 0.15) is 5.56 Å². The van der Waals surface area contributed by atoms with E-state index in [1.165, 1.54) is 0 Å². The molecule has 0 aliphatic rings. The maximum Gasteiger partial charge on any atom is 0.154 e. The summed E-state index contributed by atoms with van der Waals surface area (Å²) in [4.78, 5) is 0. The van der Waals surface area contributed by atoms with Gasteiger partial charge in [0.05, 0.1) is 6.07 Å². The smallest absolute Gasteiger partial charge is 0.154 e. The Morgan fingerprint density at radius 1 is 0.950 bits per heavy atom. The topological polar surface area (TPSA) is 42.2 Å². The van der Waals surface area contributed by atoms with E-state index >= 15 is 0 Å². The van der Waals surface area contributed by atoms with E-state index in [0.29, 0.717) is 12.4 Å². The summed E-state index contributed by atoms with van der Waals surface area (Å²) in [5.74, 6) is 1.43. The highest BCUT2D eigenvalue weighted by molar-refractivity contribution is 6.22. The zero-order valence-corrected chi connectivity index (χ0v) is 11.6. The lowest BCUT2D eigenvalue weighted by Gasteiger charge is -2.09. The molecule has 0 aliphatic heterocycles. The van der Waals surface area contributed by atoms with Gasteiger partial charge in [-0.15, -0.1) is 11.6 Å². The summed E-state index contributed by atoms with van der Waals surface area (Å²) in [6.07, 6.45) is 0. The Morgan fingerprint density at radius 3 is 2.15 bits per heavy atom. The van der Waals surface area contributed by atoms with Gasteiger partial charge in [-0.05, 0) is 29.8 Å². The molecule has 0 spiro atoms. The molecule has 0 N–H and O–H groups in total. The standard InChI is InChI=1S/C16H14ClNO2/c17-14(10-18)12-20-16-8-6-15(7-9-16)19-11-13-4-2-1-3-5-13/h1-9,14H,11-12H2. The van der Waals surface area contributed by atoms with E-state index in [2.05, 4.69) is 0 Å². The zero-order chi connectivity index (χ0) is 14.2. The van der Waals surface area contributed by atoms with Gasteiger partial charge in [-0.3, -0.25) is 0 Å². The summed E-state index contributed by atoms with van der Waals surface area (Å²) in [6.45, 7) is 0.696.